The van der Waals surface area contributed by atoms with E-state index in [1.54, 1.807) is 11.4 Å². The van der Waals surface area contributed by atoms with E-state index < -0.39 is 11.9 Å². The van der Waals surface area contributed by atoms with Gasteiger partial charge in [-0.3, -0.25) is 15.4 Å². The van der Waals surface area contributed by atoms with Gasteiger partial charge in [-0.05, 0) is 49.7 Å². The summed E-state index contributed by atoms with van der Waals surface area (Å²) in [5.74, 6) is 0.364. The summed E-state index contributed by atoms with van der Waals surface area (Å²) in [6.45, 7) is 4.45. The third-order valence-electron chi connectivity index (χ3n) is 4.12. The van der Waals surface area contributed by atoms with Crippen LogP contribution in [-0.2, 0) is 0 Å². The highest BCUT2D eigenvalue weighted by molar-refractivity contribution is 7.22. The van der Waals surface area contributed by atoms with Crippen molar-refractivity contribution in [1.29, 1.82) is 0 Å². The van der Waals surface area contributed by atoms with Crippen molar-refractivity contribution in [2.45, 2.75) is 13.8 Å². The number of amides is 3. The molecule has 8 nitrogen and oxygen atoms in total. The Kier molecular flexibility index (Phi) is 6.10. The predicted octanol–water partition coefficient (Wildman–Crippen LogP) is 5.36. The summed E-state index contributed by atoms with van der Waals surface area (Å²) in [4.78, 5) is 33.3. The second kappa shape index (κ2) is 9.11. The van der Waals surface area contributed by atoms with Gasteiger partial charge in [-0.1, -0.05) is 23.5 Å². The van der Waals surface area contributed by atoms with Gasteiger partial charge in [-0.25, -0.2) is 14.8 Å². The van der Waals surface area contributed by atoms with Crippen molar-refractivity contribution in [3.05, 3.63) is 59.1 Å². The maximum Gasteiger partial charge on any atom is 0.325 e. The number of nitrogens with zero attached hydrogens (tertiary/aromatic N) is 2. The minimum Gasteiger partial charge on any atom is -0.494 e. The zero-order chi connectivity index (χ0) is 21.8. The molecule has 2 heterocycles. The first-order valence-corrected chi connectivity index (χ1v) is 11.1. The van der Waals surface area contributed by atoms with Gasteiger partial charge >= 0.3 is 6.03 Å². The normalized spacial score (nSPS) is 10.6. The smallest absolute Gasteiger partial charge is 0.325 e. The number of hydrogen-bond donors (Lipinski definition) is 3. The van der Waals surface area contributed by atoms with Crippen molar-refractivity contribution >= 4 is 60.8 Å². The lowest BCUT2D eigenvalue weighted by Crippen LogP contribution is -2.19. The van der Waals surface area contributed by atoms with Crippen molar-refractivity contribution in [3.8, 4) is 5.75 Å². The van der Waals surface area contributed by atoms with Crippen LogP contribution in [0, 0.1) is 6.92 Å². The van der Waals surface area contributed by atoms with Gasteiger partial charge in [0, 0.05) is 11.1 Å². The standard InChI is InChI=1S/C21H19N5O3S2/c1-3-29-14-7-8-15-17(10-14)31-21(23-15)25-18(27)16-11-30-20(24-16)26-19(28)22-13-6-4-5-12(2)9-13/h4-11H,3H2,1-2H3,(H,23,25,27)(H2,22,24,26,28). The van der Waals surface area contributed by atoms with E-state index >= 15 is 0 Å². The average molecular weight is 454 g/mol. The molecule has 0 saturated carbocycles. The summed E-state index contributed by atoms with van der Waals surface area (Å²) in [5.41, 5.74) is 2.69. The lowest BCUT2D eigenvalue weighted by Gasteiger charge is -2.05. The van der Waals surface area contributed by atoms with E-state index in [0.717, 1.165) is 21.5 Å². The second-order valence-electron chi connectivity index (χ2n) is 6.52. The molecule has 4 aromatic rings. The van der Waals surface area contributed by atoms with Gasteiger partial charge in [0.05, 0.1) is 16.8 Å². The number of carbonyl (C=O) groups is 2. The third kappa shape index (κ3) is 5.16. The molecule has 0 atom stereocenters. The highest BCUT2D eigenvalue weighted by Crippen LogP contribution is 2.29. The lowest BCUT2D eigenvalue weighted by atomic mass is 10.2. The monoisotopic (exact) mass is 453 g/mol. The SMILES string of the molecule is CCOc1ccc2nc(NC(=O)c3csc(NC(=O)Nc4cccc(C)c4)n3)sc2c1. The van der Waals surface area contributed by atoms with E-state index in [1.807, 2.05) is 50.2 Å². The molecule has 31 heavy (non-hydrogen) atoms. The quantitative estimate of drug-likeness (QED) is 0.365. The first-order valence-electron chi connectivity index (χ1n) is 9.45. The highest BCUT2D eigenvalue weighted by atomic mass is 32.1. The number of aromatic nitrogens is 2. The minimum absolute atomic E-state index is 0.199. The van der Waals surface area contributed by atoms with E-state index in [-0.39, 0.29) is 5.69 Å². The van der Waals surface area contributed by atoms with E-state index in [2.05, 4.69) is 25.9 Å². The van der Waals surface area contributed by atoms with Crippen LogP contribution in [0.15, 0.2) is 47.8 Å². The molecular weight excluding hydrogens is 434 g/mol. The first-order chi connectivity index (χ1) is 15.0. The van der Waals surface area contributed by atoms with Crippen molar-refractivity contribution in [3.63, 3.8) is 0 Å². The Labute approximate surface area is 186 Å². The fraction of sp³-hybridized carbons (Fsp3) is 0.143. The van der Waals surface area contributed by atoms with Crippen molar-refractivity contribution in [2.75, 3.05) is 22.6 Å². The highest BCUT2D eigenvalue weighted by Gasteiger charge is 2.15. The number of nitrogens with one attached hydrogen (secondary N) is 3. The van der Waals surface area contributed by atoms with Crippen molar-refractivity contribution in [2.24, 2.45) is 0 Å². The Morgan fingerprint density at radius 3 is 2.71 bits per heavy atom. The van der Waals surface area contributed by atoms with Gasteiger partial charge in [0.1, 0.15) is 11.4 Å². The van der Waals surface area contributed by atoms with Crippen molar-refractivity contribution in [1.82, 2.24) is 9.97 Å². The number of thiazole rings is 2. The van der Waals surface area contributed by atoms with Crippen LogP contribution < -0.4 is 20.7 Å². The van der Waals surface area contributed by atoms with E-state index in [9.17, 15) is 9.59 Å². The summed E-state index contributed by atoms with van der Waals surface area (Å²) >= 11 is 2.52. The molecule has 0 aliphatic carbocycles. The zero-order valence-electron chi connectivity index (χ0n) is 16.8. The molecule has 0 unspecified atom stereocenters. The van der Waals surface area contributed by atoms with Gasteiger partial charge in [0.25, 0.3) is 5.91 Å². The minimum atomic E-state index is -0.428. The van der Waals surface area contributed by atoms with Gasteiger partial charge in [0.2, 0.25) is 0 Å². The molecule has 0 bridgehead atoms. The number of carbonyl (C=O) groups excluding carboxylic acids is 2. The second-order valence-corrected chi connectivity index (χ2v) is 8.41. The molecule has 158 valence electrons. The summed E-state index contributed by atoms with van der Waals surface area (Å²) in [6, 6.07) is 12.6. The molecule has 2 aromatic carbocycles. The summed E-state index contributed by atoms with van der Waals surface area (Å²) in [5, 5.41) is 10.5. The Morgan fingerprint density at radius 2 is 1.90 bits per heavy atom. The predicted molar refractivity (Wildman–Crippen MR) is 125 cm³/mol. The molecule has 3 amide bonds. The number of benzene rings is 2. The Morgan fingerprint density at radius 1 is 1.03 bits per heavy atom. The molecule has 2 aromatic heterocycles. The fourth-order valence-electron chi connectivity index (χ4n) is 2.79. The molecule has 0 aliphatic rings. The molecule has 3 N–H and O–H groups in total. The van der Waals surface area contributed by atoms with E-state index in [0.29, 0.717) is 22.6 Å². The van der Waals surface area contributed by atoms with Gasteiger partial charge in [-0.15, -0.1) is 11.3 Å². The summed E-state index contributed by atoms with van der Waals surface area (Å²) in [6.07, 6.45) is 0. The Balaban J connectivity index is 1.38. The number of hydrogen-bond acceptors (Lipinski definition) is 7. The van der Waals surface area contributed by atoms with E-state index in [1.165, 1.54) is 22.7 Å². The number of rotatable bonds is 6. The van der Waals surface area contributed by atoms with Gasteiger partial charge in [0.15, 0.2) is 10.3 Å². The maximum atomic E-state index is 12.5. The molecule has 0 aliphatic heterocycles. The number of ether oxygens (including phenoxy) is 1. The van der Waals surface area contributed by atoms with Gasteiger partial charge in [-0.2, -0.15) is 0 Å². The van der Waals surface area contributed by atoms with Gasteiger partial charge < -0.3 is 10.1 Å². The van der Waals surface area contributed by atoms with Crippen LogP contribution in [0.4, 0.5) is 20.7 Å². The maximum absolute atomic E-state index is 12.5. The van der Waals surface area contributed by atoms with Crippen LogP contribution in [0.3, 0.4) is 0 Å². The van der Waals surface area contributed by atoms with Crippen molar-refractivity contribution < 1.29 is 14.3 Å². The van der Waals surface area contributed by atoms with Crippen LogP contribution in [0.2, 0.25) is 0 Å². The topological polar surface area (TPSA) is 105 Å². The number of anilines is 3. The molecule has 0 radical (unpaired) electrons. The third-order valence-corrected chi connectivity index (χ3v) is 5.82. The van der Waals surface area contributed by atoms with Crippen LogP contribution in [0.1, 0.15) is 23.0 Å². The summed E-state index contributed by atoms with van der Waals surface area (Å²) < 4.78 is 6.41. The number of aryl methyl sites for hydroxylation is 1. The van der Waals surface area contributed by atoms with E-state index in [4.69, 9.17) is 4.74 Å². The van der Waals surface area contributed by atoms with Crippen LogP contribution in [0.5, 0.6) is 5.75 Å². The molecule has 0 spiro atoms. The Hall–Kier alpha value is -3.50. The van der Waals surface area contributed by atoms with Crippen LogP contribution >= 0.6 is 22.7 Å². The molecule has 0 fully saturated rings. The number of fused-ring (bicyclic) bond motifs is 1. The fourth-order valence-corrected chi connectivity index (χ4v) is 4.37. The molecule has 0 saturated heterocycles. The lowest BCUT2D eigenvalue weighted by molar-refractivity contribution is 0.102. The number of urea groups is 1. The zero-order valence-corrected chi connectivity index (χ0v) is 18.4. The van der Waals surface area contributed by atoms with Crippen LogP contribution in [0.25, 0.3) is 10.2 Å². The van der Waals surface area contributed by atoms with Crippen LogP contribution in [-0.4, -0.2) is 28.5 Å². The first kappa shape index (κ1) is 20.8. The largest absolute Gasteiger partial charge is 0.494 e. The molecule has 10 heteroatoms. The average Bonchev–Trinajstić information content (AvgIpc) is 3.34. The summed E-state index contributed by atoms with van der Waals surface area (Å²) in [7, 11) is 0. The molecule has 4 rings (SSSR count). The Bertz CT molecular complexity index is 1250. The molecular formula is C21H19N5O3S2.